The highest BCUT2D eigenvalue weighted by Crippen LogP contribution is 2.23. The first kappa shape index (κ1) is 16.6. The molecule has 0 saturated carbocycles. The van der Waals surface area contributed by atoms with Crippen LogP contribution in [0.25, 0.3) is 0 Å². The molecule has 0 saturated heterocycles. The van der Waals surface area contributed by atoms with E-state index in [4.69, 9.17) is 5.11 Å². The third kappa shape index (κ3) is 6.02. The first-order valence-corrected chi connectivity index (χ1v) is 8.11. The molecule has 0 radical (unpaired) electrons. The minimum absolute atomic E-state index is 0.135. The van der Waals surface area contributed by atoms with Crippen molar-refractivity contribution in [3.63, 3.8) is 0 Å². The van der Waals surface area contributed by atoms with Gasteiger partial charge in [-0.25, -0.2) is 4.98 Å². The molecule has 1 unspecified atom stereocenters. The molecule has 1 heterocycles. The molecule has 0 aliphatic heterocycles. The number of aliphatic hydroxyl groups excluding tert-OH is 1. The molecule has 0 aromatic carbocycles. The van der Waals surface area contributed by atoms with E-state index in [2.05, 4.69) is 43.4 Å². The van der Waals surface area contributed by atoms with Gasteiger partial charge in [0, 0.05) is 23.9 Å². The van der Waals surface area contributed by atoms with Crippen molar-refractivity contribution in [1.82, 2.24) is 10.3 Å². The SMILES string of the molecule is CCCC(CCO)CNCc1nc(C(C)(C)C)cs1. The van der Waals surface area contributed by atoms with Crippen molar-refractivity contribution in [1.29, 1.82) is 0 Å². The van der Waals surface area contributed by atoms with Crippen molar-refractivity contribution in [2.45, 2.75) is 58.9 Å². The smallest absolute Gasteiger partial charge is 0.107 e. The number of hydrogen-bond donors (Lipinski definition) is 2. The van der Waals surface area contributed by atoms with Gasteiger partial charge in [0.2, 0.25) is 0 Å². The van der Waals surface area contributed by atoms with E-state index in [9.17, 15) is 0 Å². The molecule has 0 fully saturated rings. The van der Waals surface area contributed by atoms with Crippen LogP contribution in [0, 0.1) is 5.92 Å². The Balaban J connectivity index is 2.38. The van der Waals surface area contributed by atoms with Crippen LogP contribution < -0.4 is 5.32 Å². The molecule has 3 nitrogen and oxygen atoms in total. The molecular formula is C15H28N2OS. The van der Waals surface area contributed by atoms with Crippen LogP contribution in [0.2, 0.25) is 0 Å². The standard InChI is InChI=1S/C15H28N2OS/c1-5-6-12(7-8-18)9-16-10-14-17-13(11-19-14)15(2,3)4/h11-12,16,18H,5-10H2,1-4H3. The Morgan fingerprint density at radius 1 is 1.37 bits per heavy atom. The number of nitrogens with one attached hydrogen (secondary N) is 1. The van der Waals surface area contributed by atoms with Gasteiger partial charge in [-0.05, 0) is 25.3 Å². The number of hydrogen-bond acceptors (Lipinski definition) is 4. The second-order valence-corrected chi connectivity index (χ2v) is 7.12. The van der Waals surface area contributed by atoms with Crippen LogP contribution in [-0.2, 0) is 12.0 Å². The van der Waals surface area contributed by atoms with Gasteiger partial charge in [0.1, 0.15) is 5.01 Å². The fraction of sp³-hybridized carbons (Fsp3) is 0.800. The minimum atomic E-state index is 0.135. The summed E-state index contributed by atoms with van der Waals surface area (Å²) in [7, 11) is 0. The fourth-order valence-corrected chi connectivity index (χ4v) is 3.05. The maximum Gasteiger partial charge on any atom is 0.107 e. The maximum atomic E-state index is 9.03. The number of aromatic nitrogens is 1. The third-order valence-corrected chi connectivity index (χ3v) is 4.11. The van der Waals surface area contributed by atoms with E-state index >= 15 is 0 Å². The van der Waals surface area contributed by atoms with Gasteiger partial charge in [-0.15, -0.1) is 11.3 Å². The lowest BCUT2D eigenvalue weighted by molar-refractivity contribution is 0.248. The third-order valence-electron chi connectivity index (χ3n) is 3.26. The predicted octanol–water partition coefficient (Wildman–Crippen LogP) is 3.33. The predicted molar refractivity (Wildman–Crippen MR) is 82.6 cm³/mol. The largest absolute Gasteiger partial charge is 0.396 e. The summed E-state index contributed by atoms with van der Waals surface area (Å²) in [6.45, 7) is 10.9. The summed E-state index contributed by atoms with van der Waals surface area (Å²) in [5.74, 6) is 0.581. The summed E-state index contributed by atoms with van der Waals surface area (Å²) < 4.78 is 0. The Hall–Kier alpha value is -0.450. The molecule has 0 bridgehead atoms. The molecule has 1 rings (SSSR count). The summed E-state index contributed by atoms with van der Waals surface area (Å²) in [5, 5.41) is 15.8. The van der Waals surface area contributed by atoms with Gasteiger partial charge in [0.05, 0.1) is 5.69 Å². The van der Waals surface area contributed by atoms with Crippen LogP contribution in [0.15, 0.2) is 5.38 Å². The van der Waals surface area contributed by atoms with Crippen LogP contribution >= 0.6 is 11.3 Å². The minimum Gasteiger partial charge on any atom is -0.396 e. The molecule has 110 valence electrons. The zero-order valence-electron chi connectivity index (χ0n) is 12.7. The second-order valence-electron chi connectivity index (χ2n) is 6.17. The zero-order valence-corrected chi connectivity index (χ0v) is 13.5. The highest BCUT2D eigenvalue weighted by molar-refractivity contribution is 7.09. The van der Waals surface area contributed by atoms with Crippen molar-refractivity contribution in [2.75, 3.05) is 13.2 Å². The molecule has 0 amide bonds. The summed E-state index contributed by atoms with van der Waals surface area (Å²) in [6, 6.07) is 0. The molecule has 1 atom stereocenters. The normalized spacial score (nSPS) is 13.7. The van der Waals surface area contributed by atoms with E-state index < -0.39 is 0 Å². The van der Waals surface area contributed by atoms with Crippen molar-refractivity contribution >= 4 is 11.3 Å². The van der Waals surface area contributed by atoms with Crippen molar-refractivity contribution in [2.24, 2.45) is 5.92 Å². The van der Waals surface area contributed by atoms with Gasteiger partial charge < -0.3 is 10.4 Å². The Morgan fingerprint density at radius 2 is 2.11 bits per heavy atom. The summed E-state index contributed by atoms with van der Waals surface area (Å²) in [5.41, 5.74) is 1.31. The Labute approximate surface area is 121 Å². The summed E-state index contributed by atoms with van der Waals surface area (Å²) in [4.78, 5) is 4.68. The van der Waals surface area contributed by atoms with Crippen LogP contribution in [0.1, 0.15) is 57.7 Å². The van der Waals surface area contributed by atoms with E-state index in [1.54, 1.807) is 11.3 Å². The molecular weight excluding hydrogens is 256 g/mol. The first-order chi connectivity index (χ1) is 8.97. The zero-order chi connectivity index (χ0) is 14.3. The molecule has 2 N–H and O–H groups in total. The molecule has 1 aromatic heterocycles. The Kier molecular flexibility index (Phi) is 6.97. The van der Waals surface area contributed by atoms with E-state index in [0.717, 1.165) is 24.5 Å². The highest BCUT2D eigenvalue weighted by Gasteiger charge is 2.17. The van der Waals surface area contributed by atoms with Gasteiger partial charge in [-0.3, -0.25) is 0 Å². The monoisotopic (exact) mass is 284 g/mol. The molecule has 1 aromatic rings. The molecule has 19 heavy (non-hydrogen) atoms. The van der Waals surface area contributed by atoms with E-state index in [1.807, 2.05) is 0 Å². The van der Waals surface area contributed by atoms with Crippen molar-refractivity contribution in [3.8, 4) is 0 Å². The van der Waals surface area contributed by atoms with Gasteiger partial charge in [-0.2, -0.15) is 0 Å². The maximum absolute atomic E-state index is 9.03. The quantitative estimate of drug-likeness (QED) is 0.769. The van der Waals surface area contributed by atoms with Gasteiger partial charge >= 0.3 is 0 Å². The van der Waals surface area contributed by atoms with Crippen LogP contribution in [0.5, 0.6) is 0 Å². The highest BCUT2D eigenvalue weighted by atomic mass is 32.1. The summed E-state index contributed by atoms with van der Waals surface area (Å²) in [6.07, 6.45) is 3.25. The number of rotatable bonds is 8. The lowest BCUT2D eigenvalue weighted by Crippen LogP contribution is -2.23. The van der Waals surface area contributed by atoms with E-state index in [1.165, 1.54) is 18.5 Å². The number of aliphatic hydroxyl groups is 1. The van der Waals surface area contributed by atoms with Crippen LogP contribution in [0.3, 0.4) is 0 Å². The fourth-order valence-electron chi connectivity index (χ4n) is 2.06. The van der Waals surface area contributed by atoms with Crippen molar-refractivity contribution in [3.05, 3.63) is 16.1 Å². The van der Waals surface area contributed by atoms with Crippen LogP contribution in [-0.4, -0.2) is 23.2 Å². The van der Waals surface area contributed by atoms with Crippen LogP contribution in [0.4, 0.5) is 0 Å². The molecule has 0 aliphatic carbocycles. The average molecular weight is 284 g/mol. The Morgan fingerprint density at radius 3 is 2.63 bits per heavy atom. The lowest BCUT2D eigenvalue weighted by atomic mass is 9.93. The number of thiazole rings is 1. The molecule has 0 spiro atoms. The van der Waals surface area contributed by atoms with Gasteiger partial charge in [0.15, 0.2) is 0 Å². The average Bonchev–Trinajstić information content (AvgIpc) is 2.78. The summed E-state index contributed by atoms with van der Waals surface area (Å²) >= 11 is 1.73. The van der Waals surface area contributed by atoms with E-state index in [-0.39, 0.29) is 12.0 Å². The molecule has 4 heteroatoms. The lowest BCUT2D eigenvalue weighted by Gasteiger charge is -2.15. The van der Waals surface area contributed by atoms with Gasteiger partial charge in [0.25, 0.3) is 0 Å². The topological polar surface area (TPSA) is 45.1 Å². The number of nitrogens with zero attached hydrogens (tertiary/aromatic N) is 1. The van der Waals surface area contributed by atoms with Crippen molar-refractivity contribution < 1.29 is 5.11 Å². The first-order valence-electron chi connectivity index (χ1n) is 7.23. The van der Waals surface area contributed by atoms with Gasteiger partial charge in [-0.1, -0.05) is 34.1 Å². The second kappa shape index (κ2) is 7.98. The molecule has 0 aliphatic rings. The Bertz CT molecular complexity index is 351. The van der Waals surface area contributed by atoms with E-state index in [0.29, 0.717) is 5.92 Å².